The number of Topliss-reactive ketones (excluding diaryl/α,β-unsaturated/α-hetero) is 1. The molecule has 2 nitrogen and oxygen atoms in total. The van der Waals surface area contributed by atoms with Gasteiger partial charge in [-0.05, 0) is 25.3 Å². The Kier molecular flexibility index (Phi) is 5.26. The average molecular weight is 240 g/mol. The highest BCUT2D eigenvalue weighted by atomic mass is 32.2. The summed E-state index contributed by atoms with van der Waals surface area (Å²) in [4.78, 5) is 22.8. The summed E-state index contributed by atoms with van der Waals surface area (Å²) < 4.78 is 0. The van der Waals surface area contributed by atoms with Crippen LogP contribution in [0.1, 0.15) is 52.9 Å². The molecule has 1 rings (SSSR count). The summed E-state index contributed by atoms with van der Waals surface area (Å²) in [6.45, 7) is 5.73. The number of unbranched alkanes of at least 4 members (excludes halogenated alkanes) is 2. The Morgan fingerprint density at radius 2 is 2.12 bits per heavy atom. The zero-order valence-electron chi connectivity index (χ0n) is 10.3. The van der Waals surface area contributed by atoms with Crippen LogP contribution in [0.5, 0.6) is 0 Å². The predicted octanol–water partition coefficient (Wildman–Crippen LogP) is 3.50. The standard InChI is InChI=1S/C13H20O2S/c1-4-5-6-7-11-9(2)13(8-12(11)15)16-10(3)14/h13H,4-8H2,1-3H3. The summed E-state index contributed by atoms with van der Waals surface area (Å²) in [6.07, 6.45) is 4.86. The maximum atomic E-state index is 11.8. The zero-order valence-corrected chi connectivity index (χ0v) is 11.2. The van der Waals surface area contributed by atoms with Gasteiger partial charge in [0.2, 0.25) is 0 Å². The van der Waals surface area contributed by atoms with Crippen molar-refractivity contribution in [2.45, 2.75) is 58.1 Å². The van der Waals surface area contributed by atoms with E-state index in [9.17, 15) is 9.59 Å². The van der Waals surface area contributed by atoms with Crippen LogP contribution in [0.25, 0.3) is 0 Å². The molecule has 0 fully saturated rings. The lowest BCUT2D eigenvalue weighted by Gasteiger charge is -2.07. The predicted molar refractivity (Wildman–Crippen MR) is 68.5 cm³/mol. The molecule has 0 bridgehead atoms. The summed E-state index contributed by atoms with van der Waals surface area (Å²) >= 11 is 1.30. The normalized spacial score (nSPS) is 20.7. The van der Waals surface area contributed by atoms with E-state index < -0.39 is 0 Å². The van der Waals surface area contributed by atoms with Gasteiger partial charge in [-0.25, -0.2) is 0 Å². The van der Waals surface area contributed by atoms with E-state index in [0.717, 1.165) is 24.0 Å². The molecule has 0 aliphatic heterocycles. The van der Waals surface area contributed by atoms with Gasteiger partial charge in [-0.2, -0.15) is 0 Å². The molecule has 1 unspecified atom stereocenters. The molecule has 16 heavy (non-hydrogen) atoms. The van der Waals surface area contributed by atoms with Gasteiger partial charge in [0.05, 0.1) is 0 Å². The topological polar surface area (TPSA) is 34.1 Å². The lowest BCUT2D eigenvalue weighted by Crippen LogP contribution is -2.03. The van der Waals surface area contributed by atoms with Gasteiger partial charge in [0, 0.05) is 18.6 Å². The number of carbonyl (C=O) groups is 2. The van der Waals surface area contributed by atoms with Crippen LogP contribution in [0.4, 0.5) is 0 Å². The van der Waals surface area contributed by atoms with Gasteiger partial charge < -0.3 is 0 Å². The minimum absolute atomic E-state index is 0.104. The first-order valence-electron chi connectivity index (χ1n) is 5.96. The van der Waals surface area contributed by atoms with Crippen molar-refractivity contribution in [1.29, 1.82) is 0 Å². The Morgan fingerprint density at radius 1 is 1.44 bits per heavy atom. The number of rotatable bonds is 5. The van der Waals surface area contributed by atoms with E-state index in [1.54, 1.807) is 6.92 Å². The maximum absolute atomic E-state index is 11.8. The summed E-state index contributed by atoms with van der Waals surface area (Å²) in [7, 11) is 0. The van der Waals surface area contributed by atoms with Crippen molar-refractivity contribution in [2.75, 3.05) is 0 Å². The average Bonchev–Trinajstić information content (AvgIpc) is 2.45. The van der Waals surface area contributed by atoms with Crippen molar-refractivity contribution in [3.63, 3.8) is 0 Å². The smallest absolute Gasteiger partial charge is 0.186 e. The van der Waals surface area contributed by atoms with Crippen LogP contribution in [0, 0.1) is 0 Å². The fourth-order valence-corrected chi connectivity index (χ4v) is 3.03. The maximum Gasteiger partial charge on any atom is 0.186 e. The largest absolute Gasteiger partial charge is 0.294 e. The second-order valence-corrected chi connectivity index (χ2v) is 5.72. The lowest BCUT2D eigenvalue weighted by atomic mass is 10.0. The van der Waals surface area contributed by atoms with E-state index in [-0.39, 0.29) is 16.1 Å². The quantitative estimate of drug-likeness (QED) is 0.690. The van der Waals surface area contributed by atoms with Crippen LogP contribution in [-0.2, 0) is 9.59 Å². The van der Waals surface area contributed by atoms with Crippen LogP contribution in [-0.4, -0.2) is 16.1 Å². The molecule has 1 atom stereocenters. The molecule has 0 spiro atoms. The highest BCUT2D eigenvalue weighted by Gasteiger charge is 2.30. The number of carbonyl (C=O) groups excluding carboxylic acids is 2. The number of hydrogen-bond donors (Lipinski definition) is 0. The lowest BCUT2D eigenvalue weighted by molar-refractivity contribution is -0.115. The van der Waals surface area contributed by atoms with E-state index >= 15 is 0 Å². The fourth-order valence-electron chi connectivity index (χ4n) is 2.08. The minimum Gasteiger partial charge on any atom is -0.294 e. The zero-order chi connectivity index (χ0) is 12.1. The van der Waals surface area contributed by atoms with E-state index in [0.29, 0.717) is 6.42 Å². The van der Waals surface area contributed by atoms with E-state index in [2.05, 4.69) is 6.92 Å². The van der Waals surface area contributed by atoms with Gasteiger partial charge >= 0.3 is 0 Å². The molecule has 0 radical (unpaired) electrons. The van der Waals surface area contributed by atoms with Crippen molar-refractivity contribution in [2.24, 2.45) is 0 Å². The van der Waals surface area contributed by atoms with Crippen molar-refractivity contribution in [1.82, 2.24) is 0 Å². The van der Waals surface area contributed by atoms with Gasteiger partial charge in [-0.3, -0.25) is 9.59 Å². The second kappa shape index (κ2) is 6.24. The summed E-state index contributed by atoms with van der Waals surface area (Å²) in [5, 5.41) is 0.216. The Balaban J connectivity index is 2.61. The number of allylic oxidation sites excluding steroid dienone is 1. The third-order valence-electron chi connectivity index (χ3n) is 3.00. The second-order valence-electron chi connectivity index (χ2n) is 4.34. The van der Waals surface area contributed by atoms with Gasteiger partial charge in [0.25, 0.3) is 0 Å². The molecule has 0 heterocycles. The molecule has 0 aromatic rings. The summed E-state index contributed by atoms with van der Waals surface area (Å²) in [5.41, 5.74) is 2.13. The molecule has 1 aliphatic carbocycles. The summed E-state index contributed by atoms with van der Waals surface area (Å²) in [5.74, 6) is 0.257. The van der Waals surface area contributed by atoms with E-state index in [1.807, 2.05) is 6.92 Å². The Labute approximate surface area is 102 Å². The van der Waals surface area contributed by atoms with Gasteiger partial charge in [-0.1, -0.05) is 37.1 Å². The van der Waals surface area contributed by atoms with Gasteiger partial charge in [-0.15, -0.1) is 0 Å². The van der Waals surface area contributed by atoms with Gasteiger partial charge in [0.1, 0.15) is 0 Å². The first-order chi connectivity index (χ1) is 7.56. The van der Waals surface area contributed by atoms with Crippen molar-refractivity contribution < 1.29 is 9.59 Å². The highest BCUT2D eigenvalue weighted by molar-refractivity contribution is 8.14. The van der Waals surface area contributed by atoms with Crippen LogP contribution >= 0.6 is 11.8 Å². The molecule has 0 saturated heterocycles. The van der Waals surface area contributed by atoms with Crippen LogP contribution in [0.3, 0.4) is 0 Å². The van der Waals surface area contributed by atoms with Crippen molar-refractivity contribution >= 4 is 22.7 Å². The molecule has 90 valence electrons. The molecule has 0 aromatic carbocycles. The number of ketones is 1. The molecular weight excluding hydrogens is 220 g/mol. The molecule has 0 aromatic heterocycles. The SMILES string of the molecule is CCCCCC1=C(C)C(SC(C)=O)CC1=O. The van der Waals surface area contributed by atoms with E-state index in [4.69, 9.17) is 0 Å². The molecular formula is C13H20O2S. The van der Waals surface area contributed by atoms with Crippen LogP contribution in [0.15, 0.2) is 11.1 Å². The minimum atomic E-state index is 0.104. The Morgan fingerprint density at radius 3 is 2.69 bits per heavy atom. The highest BCUT2D eigenvalue weighted by Crippen LogP contribution is 2.35. The Bertz CT molecular complexity index is 318. The van der Waals surface area contributed by atoms with Gasteiger partial charge in [0.15, 0.2) is 10.9 Å². The third kappa shape index (κ3) is 3.48. The first-order valence-corrected chi connectivity index (χ1v) is 6.84. The molecule has 0 N–H and O–H groups in total. The van der Waals surface area contributed by atoms with Crippen LogP contribution < -0.4 is 0 Å². The molecule has 0 amide bonds. The number of hydrogen-bond acceptors (Lipinski definition) is 3. The van der Waals surface area contributed by atoms with Crippen molar-refractivity contribution in [3.8, 4) is 0 Å². The first kappa shape index (κ1) is 13.5. The van der Waals surface area contributed by atoms with Crippen LogP contribution in [0.2, 0.25) is 0 Å². The fraction of sp³-hybridized carbons (Fsp3) is 0.692. The molecule has 0 saturated carbocycles. The van der Waals surface area contributed by atoms with E-state index in [1.165, 1.54) is 24.6 Å². The summed E-state index contributed by atoms with van der Waals surface area (Å²) in [6, 6.07) is 0. The third-order valence-corrected chi connectivity index (χ3v) is 4.14. The number of thioether (sulfide) groups is 1. The van der Waals surface area contributed by atoms with Crippen molar-refractivity contribution in [3.05, 3.63) is 11.1 Å². The molecule has 3 heteroatoms. The monoisotopic (exact) mass is 240 g/mol. The molecule has 1 aliphatic rings. The Hall–Kier alpha value is -0.570.